The standard InChI is InChI=1S/C18H27N5OS/c1-4-5-6-7-8-15(3)19-17(24)13-25-18-20-21-22-23(18)16-11-9-14(2)10-12-16/h9-12,15H,4-8,13H2,1-3H3,(H,19,24)/t15-/m1/s1. The van der Waals surface area contributed by atoms with Crippen LogP contribution in [0.4, 0.5) is 0 Å². The molecule has 1 aromatic heterocycles. The van der Waals surface area contributed by atoms with Crippen molar-refractivity contribution in [2.45, 2.75) is 64.1 Å². The minimum absolute atomic E-state index is 0.0199. The molecule has 0 radical (unpaired) electrons. The second kappa shape index (κ2) is 10.2. The van der Waals surface area contributed by atoms with Gasteiger partial charge in [0.2, 0.25) is 11.1 Å². The number of thioether (sulfide) groups is 1. The number of tetrazole rings is 1. The zero-order chi connectivity index (χ0) is 18.1. The zero-order valence-corrected chi connectivity index (χ0v) is 16.1. The van der Waals surface area contributed by atoms with Crippen molar-refractivity contribution in [3.8, 4) is 5.69 Å². The van der Waals surface area contributed by atoms with Gasteiger partial charge in [0, 0.05) is 6.04 Å². The molecule has 7 heteroatoms. The maximum Gasteiger partial charge on any atom is 0.230 e. The van der Waals surface area contributed by atoms with Gasteiger partial charge in [-0.1, -0.05) is 62.1 Å². The Kier molecular flexibility index (Phi) is 7.91. The fourth-order valence-corrected chi connectivity index (χ4v) is 3.21. The topological polar surface area (TPSA) is 72.7 Å². The van der Waals surface area contributed by atoms with Gasteiger partial charge in [-0.25, -0.2) is 0 Å². The fraction of sp³-hybridized carbons (Fsp3) is 0.556. The number of carbonyl (C=O) groups is 1. The summed E-state index contributed by atoms with van der Waals surface area (Å²) in [7, 11) is 0. The summed E-state index contributed by atoms with van der Waals surface area (Å²) in [6.07, 6.45) is 5.91. The molecule has 0 unspecified atom stereocenters. The Morgan fingerprint density at radius 3 is 2.72 bits per heavy atom. The molecule has 0 aliphatic rings. The number of hydrogen-bond acceptors (Lipinski definition) is 5. The SMILES string of the molecule is CCCCCC[C@@H](C)NC(=O)CSc1nnnn1-c1ccc(C)cc1. The van der Waals surface area contributed by atoms with Crippen LogP contribution in [0.25, 0.3) is 5.69 Å². The van der Waals surface area contributed by atoms with Crippen molar-refractivity contribution >= 4 is 17.7 Å². The fourth-order valence-electron chi connectivity index (χ4n) is 2.51. The second-order valence-corrected chi connectivity index (χ2v) is 7.26. The summed E-state index contributed by atoms with van der Waals surface area (Å²) in [5.41, 5.74) is 2.07. The Morgan fingerprint density at radius 2 is 2.00 bits per heavy atom. The Labute approximate surface area is 153 Å². The van der Waals surface area contributed by atoms with Crippen molar-refractivity contribution in [2.24, 2.45) is 0 Å². The number of amides is 1. The number of aromatic nitrogens is 4. The molecule has 1 atom stereocenters. The van der Waals surface area contributed by atoms with Crippen LogP contribution in [0.2, 0.25) is 0 Å². The smallest absolute Gasteiger partial charge is 0.230 e. The van der Waals surface area contributed by atoms with Crippen LogP contribution in [0.5, 0.6) is 0 Å². The Hall–Kier alpha value is -1.89. The number of aryl methyl sites for hydroxylation is 1. The summed E-state index contributed by atoms with van der Waals surface area (Å²) >= 11 is 1.35. The molecule has 0 saturated heterocycles. The van der Waals surface area contributed by atoms with Gasteiger partial charge in [-0.2, -0.15) is 4.68 Å². The molecule has 0 aliphatic carbocycles. The van der Waals surface area contributed by atoms with E-state index in [2.05, 4.69) is 34.7 Å². The zero-order valence-electron chi connectivity index (χ0n) is 15.2. The third kappa shape index (κ3) is 6.49. The van der Waals surface area contributed by atoms with Gasteiger partial charge in [0.05, 0.1) is 11.4 Å². The van der Waals surface area contributed by atoms with Crippen LogP contribution in [-0.2, 0) is 4.79 Å². The molecule has 1 aromatic carbocycles. The minimum atomic E-state index is 0.0199. The Balaban J connectivity index is 1.80. The van der Waals surface area contributed by atoms with Crippen LogP contribution in [0.15, 0.2) is 29.4 Å². The second-order valence-electron chi connectivity index (χ2n) is 6.32. The predicted molar refractivity (Wildman–Crippen MR) is 101 cm³/mol. The van der Waals surface area contributed by atoms with Crippen molar-refractivity contribution in [3.05, 3.63) is 29.8 Å². The van der Waals surface area contributed by atoms with Crippen LogP contribution >= 0.6 is 11.8 Å². The van der Waals surface area contributed by atoms with Gasteiger partial charge in [0.15, 0.2) is 0 Å². The number of hydrogen-bond donors (Lipinski definition) is 1. The molecule has 6 nitrogen and oxygen atoms in total. The number of rotatable bonds is 10. The van der Waals surface area contributed by atoms with Crippen LogP contribution in [0.3, 0.4) is 0 Å². The van der Waals surface area contributed by atoms with E-state index in [-0.39, 0.29) is 11.9 Å². The van der Waals surface area contributed by atoms with E-state index < -0.39 is 0 Å². The Bertz CT molecular complexity index is 656. The molecule has 1 heterocycles. The number of unbranched alkanes of at least 4 members (excludes halogenated alkanes) is 3. The maximum atomic E-state index is 12.1. The number of carbonyl (C=O) groups excluding carboxylic acids is 1. The highest BCUT2D eigenvalue weighted by Gasteiger charge is 2.13. The van der Waals surface area contributed by atoms with Crippen LogP contribution in [0.1, 0.15) is 51.5 Å². The van der Waals surface area contributed by atoms with E-state index in [1.54, 1.807) is 4.68 Å². The molecule has 0 saturated carbocycles. The minimum Gasteiger partial charge on any atom is -0.353 e. The molecule has 136 valence electrons. The molecule has 2 aromatic rings. The Morgan fingerprint density at radius 1 is 1.24 bits per heavy atom. The summed E-state index contributed by atoms with van der Waals surface area (Å²) in [4.78, 5) is 12.1. The average molecular weight is 362 g/mol. The number of benzene rings is 1. The molecule has 25 heavy (non-hydrogen) atoms. The molecule has 0 aliphatic heterocycles. The predicted octanol–water partition coefficient (Wildman–Crippen LogP) is 3.54. The highest BCUT2D eigenvalue weighted by Crippen LogP contribution is 2.18. The lowest BCUT2D eigenvalue weighted by Gasteiger charge is -2.13. The summed E-state index contributed by atoms with van der Waals surface area (Å²) in [6.45, 7) is 6.30. The van der Waals surface area contributed by atoms with Gasteiger partial charge in [0.1, 0.15) is 0 Å². The van der Waals surface area contributed by atoms with E-state index >= 15 is 0 Å². The van der Waals surface area contributed by atoms with Gasteiger partial charge in [-0.05, 0) is 42.8 Å². The lowest BCUT2D eigenvalue weighted by Crippen LogP contribution is -2.33. The van der Waals surface area contributed by atoms with Crippen LogP contribution < -0.4 is 5.32 Å². The number of nitrogens with zero attached hydrogens (tertiary/aromatic N) is 4. The number of nitrogens with one attached hydrogen (secondary N) is 1. The highest BCUT2D eigenvalue weighted by atomic mass is 32.2. The lowest BCUT2D eigenvalue weighted by atomic mass is 10.1. The first-order valence-electron chi connectivity index (χ1n) is 8.87. The third-order valence-corrected chi connectivity index (χ3v) is 4.87. The first-order valence-corrected chi connectivity index (χ1v) is 9.86. The van der Waals surface area contributed by atoms with E-state index in [0.717, 1.165) is 18.5 Å². The van der Waals surface area contributed by atoms with Gasteiger partial charge in [-0.15, -0.1) is 5.10 Å². The van der Waals surface area contributed by atoms with E-state index in [4.69, 9.17) is 0 Å². The summed E-state index contributed by atoms with van der Waals surface area (Å²) < 4.78 is 1.66. The van der Waals surface area contributed by atoms with Crippen molar-refractivity contribution in [1.82, 2.24) is 25.5 Å². The molecule has 0 bridgehead atoms. The van der Waals surface area contributed by atoms with Gasteiger partial charge >= 0.3 is 0 Å². The summed E-state index contributed by atoms with van der Waals surface area (Å²) in [6, 6.07) is 8.16. The largest absolute Gasteiger partial charge is 0.353 e. The monoisotopic (exact) mass is 361 g/mol. The summed E-state index contributed by atoms with van der Waals surface area (Å²) in [5.74, 6) is 0.331. The van der Waals surface area contributed by atoms with E-state index in [9.17, 15) is 4.79 Å². The lowest BCUT2D eigenvalue weighted by molar-refractivity contribution is -0.119. The van der Waals surface area contributed by atoms with Crippen molar-refractivity contribution in [1.29, 1.82) is 0 Å². The van der Waals surface area contributed by atoms with E-state index in [1.165, 1.54) is 36.6 Å². The third-order valence-electron chi connectivity index (χ3n) is 3.95. The quantitative estimate of drug-likeness (QED) is 0.518. The molecule has 0 fully saturated rings. The van der Waals surface area contributed by atoms with Crippen LogP contribution in [0, 0.1) is 6.92 Å². The molecule has 0 spiro atoms. The molecular weight excluding hydrogens is 334 g/mol. The van der Waals surface area contributed by atoms with Gasteiger partial charge in [0.25, 0.3) is 0 Å². The molecule has 1 amide bonds. The van der Waals surface area contributed by atoms with Gasteiger partial charge < -0.3 is 5.32 Å². The van der Waals surface area contributed by atoms with Crippen molar-refractivity contribution in [3.63, 3.8) is 0 Å². The van der Waals surface area contributed by atoms with Crippen molar-refractivity contribution < 1.29 is 4.79 Å². The van der Waals surface area contributed by atoms with Gasteiger partial charge in [-0.3, -0.25) is 4.79 Å². The first-order chi connectivity index (χ1) is 12.1. The molecule has 2 rings (SSSR count). The van der Waals surface area contributed by atoms with E-state index in [0.29, 0.717) is 10.9 Å². The van der Waals surface area contributed by atoms with Crippen LogP contribution in [-0.4, -0.2) is 37.9 Å². The maximum absolute atomic E-state index is 12.1. The molecule has 1 N–H and O–H groups in total. The first kappa shape index (κ1) is 19.4. The highest BCUT2D eigenvalue weighted by molar-refractivity contribution is 7.99. The molecular formula is C18H27N5OS. The van der Waals surface area contributed by atoms with E-state index in [1.807, 2.05) is 31.2 Å². The van der Waals surface area contributed by atoms with Crippen molar-refractivity contribution in [2.75, 3.05) is 5.75 Å². The summed E-state index contributed by atoms with van der Waals surface area (Å²) in [5, 5.41) is 15.4. The average Bonchev–Trinajstić information content (AvgIpc) is 3.06. The normalized spacial score (nSPS) is 12.1.